The minimum atomic E-state index is -0.577. The van der Waals surface area contributed by atoms with Crippen molar-refractivity contribution in [1.29, 1.82) is 0 Å². The van der Waals surface area contributed by atoms with Crippen molar-refractivity contribution in [2.24, 2.45) is 0 Å². The number of rotatable bonds is 13. The lowest BCUT2D eigenvalue weighted by atomic mass is 10.1. The highest BCUT2D eigenvalue weighted by atomic mass is 16.5. The number of nitrogens with zero attached hydrogens (tertiary/aromatic N) is 1. The first-order valence-electron chi connectivity index (χ1n) is 11.3. The van der Waals surface area contributed by atoms with Crippen molar-refractivity contribution in [2.45, 2.75) is 58.7 Å². The molecule has 2 aromatic carbocycles. The number of hydrogen-bond donors (Lipinski definition) is 1. The summed E-state index contributed by atoms with van der Waals surface area (Å²) in [5.41, 5.74) is 2.05. The van der Waals surface area contributed by atoms with E-state index in [1.807, 2.05) is 68.4 Å². The maximum atomic E-state index is 13.1. The average molecular weight is 441 g/mol. The number of carbonyl (C=O) groups is 2. The fourth-order valence-corrected chi connectivity index (χ4v) is 3.30. The molecule has 1 atom stereocenters. The van der Waals surface area contributed by atoms with E-state index in [1.165, 1.54) is 0 Å². The van der Waals surface area contributed by atoms with Gasteiger partial charge in [0, 0.05) is 26.1 Å². The zero-order chi connectivity index (χ0) is 23.3. The second kappa shape index (κ2) is 13.5. The molecule has 0 aliphatic rings. The molecular weight excluding hydrogens is 404 g/mol. The van der Waals surface area contributed by atoms with Crippen molar-refractivity contribution in [1.82, 2.24) is 10.2 Å². The minimum Gasteiger partial charge on any atom is -0.497 e. The summed E-state index contributed by atoms with van der Waals surface area (Å²) in [6.45, 7) is 7.23. The summed E-state index contributed by atoms with van der Waals surface area (Å²) in [4.78, 5) is 27.6. The molecule has 0 aliphatic heterocycles. The Morgan fingerprint density at radius 1 is 0.969 bits per heavy atom. The number of benzene rings is 2. The SMILES string of the molecule is COc1ccc(CN(C(=O)CCc2ccccc2)[C@@H](C)C(=O)NCCCOC(C)C)cc1. The van der Waals surface area contributed by atoms with Gasteiger partial charge in [0.05, 0.1) is 13.2 Å². The molecule has 2 rings (SSSR count). The van der Waals surface area contributed by atoms with Crippen molar-refractivity contribution in [3.8, 4) is 5.75 Å². The van der Waals surface area contributed by atoms with Gasteiger partial charge in [-0.15, -0.1) is 0 Å². The molecule has 2 amide bonds. The lowest BCUT2D eigenvalue weighted by Gasteiger charge is -2.29. The molecule has 0 aromatic heterocycles. The molecule has 0 fully saturated rings. The molecule has 0 saturated carbocycles. The van der Waals surface area contributed by atoms with E-state index in [4.69, 9.17) is 9.47 Å². The molecule has 0 unspecified atom stereocenters. The largest absolute Gasteiger partial charge is 0.497 e. The van der Waals surface area contributed by atoms with Gasteiger partial charge in [0.2, 0.25) is 11.8 Å². The van der Waals surface area contributed by atoms with E-state index in [-0.39, 0.29) is 17.9 Å². The van der Waals surface area contributed by atoms with Gasteiger partial charge in [-0.1, -0.05) is 42.5 Å². The number of ether oxygens (including phenoxy) is 2. The van der Waals surface area contributed by atoms with E-state index in [0.717, 1.165) is 23.3 Å². The van der Waals surface area contributed by atoms with Crippen molar-refractivity contribution in [3.63, 3.8) is 0 Å². The summed E-state index contributed by atoms with van der Waals surface area (Å²) in [5.74, 6) is 0.552. The Hall–Kier alpha value is -2.86. The van der Waals surface area contributed by atoms with Gasteiger partial charge in [-0.2, -0.15) is 0 Å². The Kier molecular flexibility index (Phi) is 10.7. The molecule has 0 aliphatic carbocycles. The molecule has 0 bridgehead atoms. The van der Waals surface area contributed by atoms with Crippen LogP contribution in [0.25, 0.3) is 0 Å². The van der Waals surface area contributed by atoms with Gasteiger partial charge in [0.15, 0.2) is 0 Å². The van der Waals surface area contributed by atoms with Crippen molar-refractivity contribution in [3.05, 3.63) is 65.7 Å². The number of aryl methyl sites for hydroxylation is 1. The zero-order valence-corrected chi connectivity index (χ0v) is 19.7. The normalized spacial score (nSPS) is 11.8. The minimum absolute atomic E-state index is 0.0459. The van der Waals surface area contributed by atoms with Gasteiger partial charge in [-0.3, -0.25) is 9.59 Å². The molecule has 0 saturated heterocycles. The fourth-order valence-electron chi connectivity index (χ4n) is 3.30. The van der Waals surface area contributed by atoms with Crippen LogP contribution in [0, 0.1) is 0 Å². The Balaban J connectivity index is 2.02. The van der Waals surface area contributed by atoms with E-state index in [0.29, 0.717) is 32.5 Å². The molecule has 6 heteroatoms. The van der Waals surface area contributed by atoms with Gasteiger partial charge in [0.25, 0.3) is 0 Å². The van der Waals surface area contributed by atoms with Gasteiger partial charge in [-0.05, 0) is 56.9 Å². The molecule has 2 aromatic rings. The zero-order valence-electron chi connectivity index (χ0n) is 19.7. The van der Waals surface area contributed by atoms with Crippen LogP contribution in [0.15, 0.2) is 54.6 Å². The molecule has 32 heavy (non-hydrogen) atoms. The van der Waals surface area contributed by atoms with Gasteiger partial charge < -0.3 is 19.7 Å². The summed E-state index contributed by atoms with van der Waals surface area (Å²) < 4.78 is 10.7. The molecule has 6 nitrogen and oxygen atoms in total. The fraction of sp³-hybridized carbons (Fsp3) is 0.462. The third-order valence-electron chi connectivity index (χ3n) is 5.22. The third kappa shape index (κ3) is 8.71. The molecule has 1 N–H and O–H groups in total. The van der Waals surface area contributed by atoms with Gasteiger partial charge in [0.1, 0.15) is 11.8 Å². The maximum absolute atomic E-state index is 13.1. The van der Waals surface area contributed by atoms with Crippen LogP contribution in [0.4, 0.5) is 0 Å². The first kappa shape index (κ1) is 25.4. The Morgan fingerprint density at radius 3 is 2.28 bits per heavy atom. The summed E-state index contributed by atoms with van der Waals surface area (Å²) in [7, 11) is 1.62. The predicted octanol–water partition coefficient (Wildman–Crippen LogP) is 3.98. The average Bonchev–Trinajstić information content (AvgIpc) is 2.81. The number of nitrogens with one attached hydrogen (secondary N) is 1. The smallest absolute Gasteiger partial charge is 0.242 e. The summed E-state index contributed by atoms with van der Waals surface area (Å²) in [5, 5.41) is 2.94. The van der Waals surface area contributed by atoms with Crippen LogP contribution in [0.2, 0.25) is 0 Å². The van der Waals surface area contributed by atoms with Gasteiger partial charge in [-0.25, -0.2) is 0 Å². The standard InChI is InChI=1S/C26H36N2O4/c1-20(2)32-18-8-17-27-26(30)21(3)28(19-23-11-14-24(31-4)15-12-23)25(29)16-13-22-9-6-5-7-10-22/h5-7,9-12,14-15,20-21H,8,13,16-19H2,1-4H3,(H,27,30)/t21-/m0/s1. The van der Waals surface area contributed by atoms with Crippen LogP contribution in [-0.2, 0) is 27.3 Å². The predicted molar refractivity (Wildman–Crippen MR) is 126 cm³/mol. The van der Waals surface area contributed by atoms with Crippen LogP contribution in [0.3, 0.4) is 0 Å². The van der Waals surface area contributed by atoms with E-state index in [1.54, 1.807) is 18.9 Å². The molecule has 0 radical (unpaired) electrons. The monoisotopic (exact) mass is 440 g/mol. The van der Waals surface area contributed by atoms with Crippen molar-refractivity contribution in [2.75, 3.05) is 20.3 Å². The quantitative estimate of drug-likeness (QED) is 0.479. The van der Waals surface area contributed by atoms with Crippen molar-refractivity contribution < 1.29 is 19.1 Å². The third-order valence-corrected chi connectivity index (χ3v) is 5.22. The van der Waals surface area contributed by atoms with E-state index in [9.17, 15) is 9.59 Å². The molecule has 0 spiro atoms. The molecule has 174 valence electrons. The summed E-state index contributed by atoms with van der Waals surface area (Å²) in [6.07, 6.45) is 1.89. The molecular formula is C26H36N2O4. The first-order chi connectivity index (χ1) is 15.4. The Labute approximate surface area is 191 Å². The first-order valence-corrected chi connectivity index (χ1v) is 11.3. The lowest BCUT2D eigenvalue weighted by Crippen LogP contribution is -2.48. The van der Waals surface area contributed by atoms with Crippen LogP contribution in [0.5, 0.6) is 5.75 Å². The number of methoxy groups -OCH3 is 1. The second-order valence-corrected chi connectivity index (χ2v) is 8.10. The van der Waals surface area contributed by atoms with E-state index < -0.39 is 6.04 Å². The van der Waals surface area contributed by atoms with Crippen LogP contribution in [0.1, 0.15) is 44.7 Å². The van der Waals surface area contributed by atoms with Crippen LogP contribution >= 0.6 is 0 Å². The number of hydrogen-bond acceptors (Lipinski definition) is 4. The highest BCUT2D eigenvalue weighted by Gasteiger charge is 2.25. The second-order valence-electron chi connectivity index (χ2n) is 8.10. The Bertz CT molecular complexity index is 821. The van der Waals surface area contributed by atoms with Crippen LogP contribution < -0.4 is 10.1 Å². The highest BCUT2D eigenvalue weighted by Crippen LogP contribution is 2.16. The summed E-state index contributed by atoms with van der Waals surface area (Å²) >= 11 is 0. The van der Waals surface area contributed by atoms with Gasteiger partial charge >= 0.3 is 0 Å². The maximum Gasteiger partial charge on any atom is 0.242 e. The van der Waals surface area contributed by atoms with E-state index >= 15 is 0 Å². The van der Waals surface area contributed by atoms with E-state index in [2.05, 4.69) is 5.32 Å². The number of amides is 2. The van der Waals surface area contributed by atoms with Crippen LogP contribution in [-0.4, -0.2) is 49.1 Å². The topological polar surface area (TPSA) is 67.9 Å². The Morgan fingerprint density at radius 2 is 1.66 bits per heavy atom. The highest BCUT2D eigenvalue weighted by molar-refractivity contribution is 5.87. The number of carbonyl (C=O) groups excluding carboxylic acids is 2. The molecule has 0 heterocycles. The van der Waals surface area contributed by atoms with Crippen molar-refractivity contribution >= 4 is 11.8 Å². The lowest BCUT2D eigenvalue weighted by molar-refractivity contribution is -0.140. The summed E-state index contributed by atoms with van der Waals surface area (Å²) in [6, 6.07) is 16.9.